The van der Waals surface area contributed by atoms with Gasteiger partial charge in [0, 0.05) is 24.7 Å². The molecule has 0 N–H and O–H groups in total. The Balaban J connectivity index is 2.21. The van der Waals surface area contributed by atoms with E-state index in [1.54, 1.807) is 7.11 Å². The second-order valence-electron chi connectivity index (χ2n) is 5.20. The molecule has 1 fully saturated rings. The Morgan fingerprint density at radius 1 is 1.00 bits per heavy atom. The average molecular weight is 282 g/mol. The van der Waals surface area contributed by atoms with E-state index >= 15 is 0 Å². The smallest absolute Gasteiger partial charge is 0.307 e. The Hall–Kier alpha value is -2.13. The van der Waals surface area contributed by atoms with Crippen molar-refractivity contribution in [1.82, 2.24) is 0 Å². The fourth-order valence-corrected chi connectivity index (χ4v) is 3.06. The first kappa shape index (κ1) is 13.8. The highest BCUT2D eigenvalue weighted by Crippen LogP contribution is 2.43. The Labute approximate surface area is 124 Å². The van der Waals surface area contributed by atoms with Crippen LogP contribution in [0.3, 0.4) is 0 Å². The predicted octanol–water partition coefficient (Wildman–Crippen LogP) is 3.28. The molecule has 1 atom stereocenters. The van der Waals surface area contributed by atoms with Crippen LogP contribution in [0, 0.1) is 0 Å². The van der Waals surface area contributed by atoms with Crippen molar-refractivity contribution in [2.45, 2.75) is 24.5 Å². The first-order valence-electron chi connectivity index (χ1n) is 7.13. The monoisotopic (exact) mass is 282 g/mol. The van der Waals surface area contributed by atoms with Crippen molar-refractivity contribution in [1.29, 1.82) is 0 Å². The summed E-state index contributed by atoms with van der Waals surface area (Å²) in [6.45, 7) is 0. The molecule has 0 spiro atoms. The molecule has 1 aliphatic rings. The van der Waals surface area contributed by atoms with Crippen LogP contribution in [0.5, 0.6) is 0 Å². The molecule has 0 amide bonds. The Kier molecular flexibility index (Phi) is 3.76. The van der Waals surface area contributed by atoms with Gasteiger partial charge < -0.3 is 9.47 Å². The highest BCUT2D eigenvalue weighted by Gasteiger charge is 2.49. The van der Waals surface area contributed by atoms with Crippen LogP contribution in [0.15, 0.2) is 60.7 Å². The molecule has 108 valence electrons. The van der Waals surface area contributed by atoms with Crippen LogP contribution in [0.25, 0.3) is 0 Å². The third kappa shape index (κ3) is 2.34. The van der Waals surface area contributed by atoms with Crippen LogP contribution in [0.4, 0.5) is 0 Å². The maximum Gasteiger partial charge on any atom is 0.307 e. The Morgan fingerprint density at radius 3 is 2.00 bits per heavy atom. The van der Waals surface area contributed by atoms with E-state index < -0.39 is 5.60 Å². The molecule has 2 aromatic carbocycles. The summed E-state index contributed by atoms with van der Waals surface area (Å²) in [7, 11) is 1.67. The molecule has 1 saturated heterocycles. The minimum absolute atomic E-state index is 0.184. The van der Waals surface area contributed by atoms with E-state index in [9.17, 15) is 4.79 Å². The van der Waals surface area contributed by atoms with Gasteiger partial charge in [-0.2, -0.15) is 0 Å². The molecule has 0 aliphatic carbocycles. The number of hydrogen-bond acceptors (Lipinski definition) is 3. The fourth-order valence-electron chi connectivity index (χ4n) is 3.06. The standard InChI is InChI=1S/C18H18O3/c1-20-16-12-13-17(19)21-18(16,14-8-4-2-5-9-14)15-10-6-3-7-11-15/h2-11,16H,12-13H2,1H3. The van der Waals surface area contributed by atoms with E-state index in [2.05, 4.69) is 0 Å². The lowest BCUT2D eigenvalue weighted by molar-refractivity contribution is -0.184. The maximum absolute atomic E-state index is 12.0. The SMILES string of the molecule is COC1CCC(=O)OC1(c1ccccc1)c1ccccc1. The van der Waals surface area contributed by atoms with Gasteiger partial charge in [0.25, 0.3) is 0 Å². The normalized spacial score (nSPS) is 20.8. The largest absolute Gasteiger partial charge is 0.446 e. The molecular formula is C18H18O3. The van der Waals surface area contributed by atoms with Crippen molar-refractivity contribution in [2.24, 2.45) is 0 Å². The lowest BCUT2D eigenvalue weighted by Gasteiger charge is -2.43. The fraction of sp³-hybridized carbons (Fsp3) is 0.278. The van der Waals surface area contributed by atoms with Gasteiger partial charge in [-0.15, -0.1) is 0 Å². The molecule has 1 aliphatic heterocycles. The van der Waals surface area contributed by atoms with E-state index in [1.807, 2.05) is 60.7 Å². The van der Waals surface area contributed by atoms with Gasteiger partial charge in [0.2, 0.25) is 0 Å². The Bertz CT molecular complexity index is 567. The van der Waals surface area contributed by atoms with Crippen molar-refractivity contribution in [3.63, 3.8) is 0 Å². The molecule has 21 heavy (non-hydrogen) atoms. The Morgan fingerprint density at radius 2 is 1.52 bits per heavy atom. The maximum atomic E-state index is 12.0. The molecule has 3 heteroatoms. The number of methoxy groups -OCH3 is 1. The second-order valence-corrected chi connectivity index (χ2v) is 5.20. The van der Waals surface area contributed by atoms with Gasteiger partial charge in [0.15, 0.2) is 5.60 Å². The average Bonchev–Trinajstić information content (AvgIpc) is 2.56. The summed E-state index contributed by atoms with van der Waals surface area (Å²) in [6.07, 6.45) is 0.846. The highest BCUT2D eigenvalue weighted by atomic mass is 16.6. The highest BCUT2D eigenvalue weighted by molar-refractivity contribution is 5.72. The number of esters is 1. The molecule has 3 rings (SSSR count). The van der Waals surface area contributed by atoms with E-state index in [0.29, 0.717) is 12.8 Å². The van der Waals surface area contributed by atoms with Gasteiger partial charge in [-0.05, 0) is 6.42 Å². The van der Waals surface area contributed by atoms with Gasteiger partial charge in [0.1, 0.15) is 6.10 Å². The molecule has 3 nitrogen and oxygen atoms in total. The zero-order valence-electron chi connectivity index (χ0n) is 12.0. The van der Waals surface area contributed by atoms with Crippen LogP contribution in [0.2, 0.25) is 0 Å². The van der Waals surface area contributed by atoms with E-state index in [-0.39, 0.29) is 12.1 Å². The number of carbonyl (C=O) groups excluding carboxylic acids is 1. The molecule has 1 heterocycles. The zero-order chi connectivity index (χ0) is 14.7. The van der Waals surface area contributed by atoms with Crippen LogP contribution >= 0.6 is 0 Å². The van der Waals surface area contributed by atoms with Crippen molar-refractivity contribution < 1.29 is 14.3 Å². The van der Waals surface area contributed by atoms with E-state index in [4.69, 9.17) is 9.47 Å². The number of carbonyl (C=O) groups is 1. The van der Waals surface area contributed by atoms with Crippen molar-refractivity contribution in [3.8, 4) is 0 Å². The van der Waals surface area contributed by atoms with Crippen LogP contribution in [0.1, 0.15) is 24.0 Å². The first-order chi connectivity index (χ1) is 10.3. The molecule has 1 unspecified atom stereocenters. The van der Waals surface area contributed by atoms with E-state index in [0.717, 1.165) is 11.1 Å². The van der Waals surface area contributed by atoms with Crippen LogP contribution < -0.4 is 0 Å². The first-order valence-corrected chi connectivity index (χ1v) is 7.13. The molecule has 0 radical (unpaired) electrons. The van der Waals surface area contributed by atoms with Gasteiger partial charge in [-0.3, -0.25) is 4.79 Å². The molecule has 0 aromatic heterocycles. The summed E-state index contributed by atoms with van der Waals surface area (Å²) in [5.74, 6) is -0.184. The minimum atomic E-state index is -0.868. The van der Waals surface area contributed by atoms with Crippen molar-refractivity contribution >= 4 is 5.97 Å². The third-order valence-electron chi connectivity index (χ3n) is 4.03. The summed E-state index contributed by atoms with van der Waals surface area (Å²) in [5, 5.41) is 0. The topological polar surface area (TPSA) is 35.5 Å². The number of ether oxygens (including phenoxy) is 2. The van der Waals surface area contributed by atoms with Gasteiger partial charge >= 0.3 is 5.97 Å². The summed E-state index contributed by atoms with van der Waals surface area (Å²) < 4.78 is 11.6. The summed E-state index contributed by atoms with van der Waals surface area (Å²) in [5.41, 5.74) is 1.01. The minimum Gasteiger partial charge on any atom is -0.446 e. The molecular weight excluding hydrogens is 264 g/mol. The summed E-state index contributed by atoms with van der Waals surface area (Å²) in [4.78, 5) is 12.0. The number of hydrogen-bond donors (Lipinski definition) is 0. The number of rotatable bonds is 3. The summed E-state index contributed by atoms with van der Waals surface area (Å²) in [6, 6.07) is 19.7. The van der Waals surface area contributed by atoms with Gasteiger partial charge in [-0.25, -0.2) is 0 Å². The third-order valence-corrected chi connectivity index (χ3v) is 4.03. The quantitative estimate of drug-likeness (QED) is 0.810. The van der Waals surface area contributed by atoms with Gasteiger partial charge in [0.05, 0.1) is 0 Å². The summed E-state index contributed by atoms with van der Waals surface area (Å²) >= 11 is 0. The van der Waals surface area contributed by atoms with Crippen LogP contribution in [-0.4, -0.2) is 19.2 Å². The van der Waals surface area contributed by atoms with Gasteiger partial charge in [-0.1, -0.05) is 60.7 Å². The number of cyclic esters (lactones) is 1. The lowest BCUT2D eigenvalue weighted by atomic mass is 9.78. The van der Waals surface area contributed by atoms with Crippen molar-refractivity contribution in [2.75, 3.05) is 7.11 Å². The molecule has 2 aromatic rings. The second kappa shape index (κ2) is 5.70. The molecule has 0 bridgehead atoms. The lowest BCUT2D eigenvalue weighted by Crippen LogP contribution is -2.49. The van der Waals surface area contributed by atoms with E-state index in [1.165, 1.54) is 0 Å². The number of benzene rings is 2. The van der Waals surface area contributed by atoms with Crippen molar-refractivity contribution in [3.05, 3.63) is 71.8 Å². The van der Waals surface area contributed by atoms with Crippen LogP contribution in [-0.2, 0) is 19.9 Å². The molecule has 0 saturated carbocycles. The predicted molar refractivity (Wildman–Crippen MR) is 79.8 cm³/mol. The zero-order valence-corrected chi connectivity index (χ0v) is 12.0.